The summed E-state index contributed by atoms with van der Waals surface area (Å²) in [5.74, 6) is -1.03. The van der Waals surface area contributed by atoms with Gasteiger partial charge in [0, 0.05) is 12.8 Å². The molecule has 0 saturated heterocycles. The fourth-order valence-corrected chi connectivity index (χ4v) is 8.28. The number of rotatable bonds is 52. The van der Waals surface area contributed by atoms with Gasteiger partial charge in [-0.3, -0.25) is 14.4 Å². The third kappa shape index (κ3) is 53.9. The van der Waals surface area contributed by atoms with Crippen molar-refractivity contribution in [1.82, 2.24) is 0 Å². The van der Waals surface area contributed by atoms with Gasteiger partial charge in [0.25, 0.3) is 0 Å². The van der Waals surface area contributed by atoms with Crippen molar-refractivity contribution in [2.24, 2.45) is 0 Å². The average molecular weight is 938 g/mol. The lowest BCUT2D eigenvalue weighted by atomic mass is 10.0. The topological polar surface area (TPSA) is 78.9 Å². The van der Waals surface area contributed by atoms with E-state index in [9.17, 15) is 14.4 Å². The maximum absolute atomic E-state index is 12.7. The van der Waals surface area contributed by atoms with E-state index in [4.69, 9.17) is 14.2 Å². The first-order chi connectivity index (χ1) is 33.0. The van der Waals surface area contributed by atoms with E-state index in [2.05, 4.69) is 69.4 Å². The Morgan fingerprint density at radius 1 is 0.313 bits per heavy atom. The first-order valence-electron chi connectivity index (χ1n) is 28.8. The molecule has 0 bridgehead atoms. The van der Waals surface area contributed by atoms with Crippen LogP contribution >= 0.6 is 0 Å². The van der Waals surface area contributed by atoms with Crippen LogP contribution in [0.25, 0.3) is 0 Å². The molecule has 1 unspecified atom stereocenters. The molecule has 388 valence electrons. The molecule has 0 amide bonds. The van der Waals surface area contributed by atoms with Crippen molar-refractivity contribution in [2.75, 3.05) is 13.2 Å². The molecule has 0 N–H and O–H groups in total. The first-order valence-corrected chi connectivity index (χ1v) is 28.8. The van der Waals surface area contributed by atoms with Crippen LogP contribution in [0.4, 0.5) is 0 Å². The van der Waals surface area contributed by atoms with Crippen molar-refractivity contribution in [3.05, 3.63) is 60.8 Å². The Kier molecular flexibility index (Phi) is 53.3. The Labute approximate surface area is 415 Å². The molecule has 0 aliphatic carbocycles. The second-order valence-corrected chi connectivity index (χ2v) is 19.2. The second kappa shape index (κ2) is 55.7. The zero-order valence-corrected chi connectivity index (χ0v) is 44.4. The lowest BCUT2D eigenvalue weighted by Gasteiger charge is -2.18. The summed E-state index contributed by atoms with van der Waals surface area (Å²) >= 11 is 0. The van der Waals surface area contributed by atoms with E-state index < -0.39 is 12.1 Å². The second-order valence-electron chi connectivity index (χ2n) is 19.2. The van der Waals surface area contributed by atoms with Gasteiger partial charge in [0.05, 0.1) is 6.42 Å². The molecular weight excluding hydrogens is 829 g/mol. The van der Waals surface area contributed by atoms with Crippen molar-refractivity contribution in [2.45, 2.75) is 297 Å². The van der Waals surface area contributed by atoms with Gasteiger partial charge < -0.3 is 14.2 Å². The Morgan fingerprint density at radius 3 is 0.851 bits per heavy atom. The molecule has 0 saturated carbocycles. The zero-order valence-electron chi connectivity index (χ0n) is 44.4. The molecule has 0 aromatic carbocycles. The summed E-state index contributed by atoms with van der Waals surface area (Å²) in [6.45, 7) is 6.44. The molecule has 0 rings (SSSR count). The van der Waals surface area contributed by atoms with Gasteiger partial charge in [0.15, 0.2) is 6.10 Å². The van der Waals surface area contributed by atoms with Crippen molar-refractivity contribution in [3.8, 4) is 0 Å². The summed E-state index contributed by atoms with van der Waals surface area (Å²) in [4.78, 5) is 37.9. The van der Waals surface area contributed by atoms with E-state index in [0.29, 0.717) is 12.8 Å². The van der Waals surface area contributed by atoms with E-state index >= 15 is 0 Å². The summed E-state index contributed by atoms with van der Waals surface area (Å²) in [6, 6.07) is 0. The van der Waals surface area contributed by atoms with Gasteiger partial charge >= 0.3 is 17.9 Å². The minimum Gasteiger partial charge on any atom is -0.462 e. The van der Waals surface area contributed by atoms with E-state index in [1.54, 1.807) is 6.08 Å². The summed E-state index contributed by atoms with van der Waals surface area (Å²) < 4.78 is 16.7. The average Bonchev–Trinajstić information content (AvgIpc) is 3.33. The van der Waals surface area contributed by atoms with E-state index in [1.807, 2.05) is 6.08 Å². The molecule has 1 atom stereocenters. The Balaban J connectivity index is 4.18. The van der Waals surface area contributed by atoms with E-state index in [-0.39, 0.29) is 31.6 Å². The third-order valence-electron chi connectivity index (χ3n) is 12.6. The summed E-state index contributed by atoms with van der Waals surface area (Å²) in [5, 5.41) is 0. The van der Waals surface area contributed by atoms with Crippen molar-refractivity contribution < 1.29 is 28.6 Å². The number of ether oxygens (including phenoxy) is 3. The highest BCUT2D eigenvalue weighted by Gasteiger charge is 2.19. The van der Waals surface area contributed by atoms with Gasteiger partial charge in [0.1, 0.15) is 13.2 Å². The van der Waals surface area contributed by atoms with Crippen LogP contribution in [0.2, 0.25) is 0 Å². The number of esters is 3. The van der Waals surface area contributed by atoms with Gasteiger partial charge in [-0.2, -0.15) is 0 Å². The molecule has 0 spiro atoms. The zero-order chi connectivity index (χ0) is 48.6. The molecule has 0 aliphatic rings. The van der Waals surface area contributed by atoms with Gasteiger partial charge in [-0.05, 0) is 44.9 Å². The lowest BCUT2D eigenvalue weighted by molar-refractivity contribution is -0.166. The Morgan fingerprint density at radius 2 is 0.567 bits per heavy atom. The van der Waals surface area contributed by atoms with Crippen LogP contribution in [0, 0.1) is 0 Å². The Bertz CT molecular complexity index is 1210. The van der Waals surface area contributed by atoms with Crippen LogP contribution in [-0.2, 0) is 28.6 Å². The molecule has 0 aromatic heterocycles. The molecule has 6 heteroatoms. The number of hydrogen-bond acceptors (Lipinski definition) is 6. The van der Waals surface area contributed by atoms with Gasteiger partial charge in [-0.25, -0.2) is 0 Å². The smallest absolute Gasteiger partial charge is 0.310 e. The lowest BCUT2D eigenvalue weighted by Crippen LogP contribution is -2.30. The highest BCUT2D eigenvalue weighted by Crippen LogP contribution is 2.17. The molecule has 0 fully saturated rings. The minimum absolute atomic E-state index is 0.101. The van der Waals surface area contributed by atoms with Crippen LogP contribution in [0.3, 0.4) is 0 Å². The van der Waals surface area contributed by atoms with Crippen LogP contribution in [0.1, 0.15) is 290 Å². The quantitative estimate of drug-likeness (QED) is 0.0262. The molecule has 0 radical (unpaired) electrons. The highest BCUT2D eigenvalue weighted by molar-refractivity contribution is 5.72. The van der Waals surface area contributed by atoms with Gasteiger partial charge in [0.2, 0.25) is 0 Å². The largest absolute Gasteiger partial charge is 0.462 e. The fraction of sp³-hybridized carbons (Fsp3) is 0.787. The van der Waals surface area contributed by atoms with Crippen molar-refractivity contribution >= 4 is 17.9 Å². The molecule has 6 nitrogen and oxygen atoms in total. The minimum atomic E-state index is -0.823. The predicted octanol–water partition coefficient (Wildman–Crippen LogP) is 19.2. The van der Waals surface area contributed by atoms with Crippen LogP contribution in [-0.4, -0.2) is 37.2 Å². The van der Waals surface area contributed by atoms with Gasteiger partial charge in [-0.15, -0.1) is 0 Å². The van der Waals surface area contributed by atoms with Crippen LogP contribution < -0.4 is 0 Å². The number of carbonyl (C=O) groups is 3. The predicted molar refractivity (Wildman–Crippen MR) is 288 cm³/mol. The van der Waals surface area contributed by atoms with Crippen LogP contribution in [0.5, 0.6) is 0 Å². The van der Waals surface area contributed by atoms with Crippen molar-refractivity contribution in [1.29, 1.82) is 0 Å². The Hall–Kier alpha value is -2.89. The van der Waals surface area contributed by atoms with Crippen molar-refractivity contribution in [3.63, 3.8) is 0 Å². The monoisotopic (exact) mass is 937 g/mol. The molecule has 0 heterocycles. The molecular formula is C61H108O6. The summed E-state index contributed by atoms with van der Waals surface area (Å²) in [7, 11) is 0. The fourth-order valence-electron chi connectivity index (χ4n) is 8.28. The SMILES string of the molecule is CC/C=C\C/C=C\C/C=C\C/C=C\C/C=C\CC(=O)OC(COC(=O)CCCCCCCCCC)COC(=O)CCCCCCCCCCCCCCCCCCCCCCCCCCCC. The molecule has 67 heavy (non-hydrogen) atoms. The standard InChI is InChI=1S/C61H108O6/c1-4-7-10-13-16-19-21-23-25-26-27-28-29-30-31-32-33-34-35-37-38-40-42-45-48-51-54-60(63)66-57-58(56-65-59(62)53-50-47-44-18-15-12-9-6-3)67-61(64)55-52-49-46-43-41-39-36-24-22-20-17-14-11-8-5-2/h8,11,17,20,24,36,41,43,49,52,58H,4-7,9-10,12-16,18-19,21-23,25-35,37-40,42,44-48,50-51,53-57H2,1-3H3/b11-8-,20-17-,36-24-,43-41-,52-49-. The number of allylic oxidation sites excluding steroid dienone is 9. The summed E-state index contributed by atoms with van der Waals surface area (Å²) in [6.07, 6.45) is 69.9. The maximum Gasteiger partial charge on any atom is 0.310 e. The van der Waals surface area contributed by atoms with Gasteiger partial charge in [-0.1, -0.05) is 287 Å². The normalized spacial score (nSPS) is 12.5. The third-order valence-corrected chi connectivity index (χ3v) is 12.6. The van der Waals surface area contributed by atoms with Crippen LogP contribution in [0.15, 0.2) is 60.8 Å². The highest BCUT2D eigenvalue weighted by atomic mass is 16.6. The first kappa shape index (κ1) is 64.1. The molecule has 0 aromatic rings. The molecule has 0 aliphatic heterocycles. The summed E-state index contributed by atoms with van der Waals surface area (Å²) in [5.41, 5.74) is 0. The van der Waals surface area contributed by atoms with E-state index in [0.717, 1.165) is 70.6 Å². The maximum atomic E-state index is 12.7. The number of hydrogen-bond donors (Lipinski definition) is 0. The number of carbonyl (C=O) groups excluding carboxylic acids is 3. The number of unbranched alkanes of at least 4 members (excludes halogenated alkanes) is 32. The van der Waals surface area contributed by atoms with E-state index in [1.165, 1.54) is 180 Å².